The number of benzene rings is 4. The minimum Gasteiger partial charge on any atom is -0.370 e. The molecule has 0 spiro atoms. The van der Waals surface area contributed by atoms with Gasteiger partial charge in [-0.25, -0.2) is 0 Å². The van der Waals surface area contributed by atoms with Crippen molar-refractivity contribution >= 4 is 28.9 Å². The molecule has 186 valence electrons. The van der Waals surface area contributed by atoms with Crippen LogP contribution < -0.4 is 15.1 Å². The van der Waals surface area contributed by atoms with Gasteiger partial charge in [-0.15, -0.1) is 0 Å². The molecule has 5 nitrogen and oxygen atoms in total. The molecule has 0 bridgehead atoms. The Morgan fingerprint density at radius 1 is 0.784 bits per heavy atom. The number of para-hydroxylation sites is 2. The summed E-state index contributed by atoms with van der Waals surface area (Å²) in [5, 5.41) is 2.99. The predicted octanol–water partition coefficient (Wildman–Crippen LogP) is 6.41. The fourth-order valence-corrected chi connectivity index (χ4v) is 4.88. The van der Waals surface area contributed by atoms with Crippen molar-refractivity contribution in [3.05, 3.63) is 125 Å². The van der Waals surface area contributed by atoms with Crippen LogP contribution in [0.1, 0.15) is 44.7 Å². The topological polar surface area (TPSA) is 52.7 Å². The van der Waals surface area contributed by atoms with Crippen molar-refractivity contribution in [3.8, 4) is 0 Å². The highest BCUT2D eigenvalue weighted by atomic mass is 16.2. The lowest BCUT2D eigenvalue weighted by Gasteiger charge is -2.26. The molecule has 4 aromatic carbocycles. The first-order valence-corrected chi connectivity index (χ1v) is 12.8. The van der Waals surface area contributed by atoms with Gasteiger partial charge in [0.05, 0.1) is 11.4 Å². The van der Waals surface area contributed by atoms with Crippen LogP contribution in [0.3, 0.4) is 0 Å². The summed E-state index contributed by atoms with van der Waals surface area (Å²) in [6.45, 7) is 2.03. The molecule has 1 saturated heterocycles. The maximum Gasteiger partial charge on any atom is 0.258 e. The largest absolute Gasteiger partial charge is 0.370 e. The Balaban J connectivity index is 1.29. The standard InChI is InChI=1S/C32H31N3O2/c1-34(29-15-7-8-16-30(29)35-21-9-10-22-35)32(37)25-17-19-27(20-18-25)33-31(36)28-14-6-5-13-26(28)23-24-11-3-2-4-12-24/h2-8,11-20H,9-10,21-23H2,1H3,(H,33,36). The van der Waals surface area contributed by atoms with E-state index in [0.29, 0.717) is 23.2 Å². The number of hydrogen-bond acceptors (Lipinski definition) is 3. The van der Waals surface area contributed by atoms with Gasteiger partial charge in [0.25, 0.3) is 11.8 Å². The van der Waals surface area contributed by atoms with Crippen LogP contribution in [-0.2, 0) is 6.42 Å². The van der Waals surface area contributed by atoms with Gasteiger partial charge in [0.15, 0.2) is 0 Å². The molecule has 0 radical (unpaired) electrons. The van der Waals surface area contributed by atoms with E-state index in [2.05, 4.69) is 28.4 Å². The summed E-state index contributed by atoms with van der Waals surface area (Å²) in [5.41, 5.74) is 5.98. The second-order valence-corrected chi connectivity index (χ2v) is 9.40. The first kappa shape index (κ1) is 24.3. The number of nitrogens with zero attached hydrogens (tertiary/aromatic N) is 2. The van der Waals surface area contributed by atoms with Gasteiger partial charge in [-0.05, 0) is 72.9 Å². The zero-order valence-corrected chi connectivity index (χ0v) is 21.1. The Kier molecular flexibility index (Phi) is 7.31. The first-order chi connectivity index (χ1) is 18.1. The van der Waals surface area contributed by atoms with Crippen LogP contribution in [0, 0.1) is 0 Å². The summed E-state index contributed by atoms with van der Waals surface area (Å²) < 4.78 is 0. The molecule has 1 heterocycles. The first-order valence-electron chi connectivity index (χ1n) is 12.8. The van der Waals surface area contributed by atoms with E-state index in [1.807, 2.05) is 67.7 Å². The SMILES string of the molecule is CN(C(=O)c1ccc(NC(=O)c2ccccc2Cc2ccccc2)cc1)c1ccccc1N1CCCC1. The van der Waals surface area contributed by atoms with Crippen molar-refractivity contribution in [3.63, 3.8) is 0 Å². The summed E-state index contributed by atoms with van der Waals surface area (Å²) in [6, 6.07) is 32.9. The lowest BCUT2D eigenvalue weighted by Crippen LogP contribution is -2.29. The smallest absolute Gasteiger partial charge is 0.258 e. The number of nitrogens with one attached hydrogen (secondary N) is 1. The zero-order valence-electron chi connectivity index (χ0n) is 21.1. The van der Waals surface area contributed by atoms with Gasteiger partial charge < -0.3 is 15.1 Å². The Hall–Kier alpha value is -4.38. The average molecular weight is 490 g/mol. The van der Waals surface area contributed by atoms with E-state index in [9.17, 15) is 9.59 Å². The van der Waals surface area contributed by atoms with Gasteiger partial charge in [0, 0.05) is 37.0 Å². The van der Waals surface area contributed by atoms with Crippen molar-refractivity contribution in [1.82, 2.24) is 0 Å². The van der Waals surface area contributed by atoms with Crippen LogP contribution in [-0.4, -0.2) is 32.0 Å². The van der Waals surface area contributed by atoms with Crippen LogP contribution >= 0.6 is 0 Å². The molecule has 4 aromatic rings. The van der Waals surface area contributed by atoms with Crippen LogP contribution in [0.15, 0.2) is 103 Å². The lowest BCUT2D eigenvalue weighted by molar-refractivity contribution is 0.0991. The number of anilines is 3. The molecule has 5 heteroatoms. The summed E-state index contributed by atoms with van der Waals surface area (Å²) in [7, 11) is 1.82. The van der Waals surface area contributed by atoms with Crippen molar-refractivity contribution in [2.75, 3.05) is 35.3 Å². The average Bonchev–Trinajstić information content (AvgIpc) is 3.49. The van der Waals surface area contributed by atoms with Crippen molar-refractivity contribution in [1.29, 1.82) is 0 Å². The molecule has 37 heavy (non-hydrogen) atoms. The fourth-order valence-electron chi connectivity index (χ4n) is 4.88. The van der Waals surface area contributed by atoms with E-state index >= 15 is 0 Å². The third kappa shape index (κ3) is 5.56. The second kappa shape index (κ2) is 11.1. The highest BCUT2D eigenvalue weighted by molar-refractivity contribution is 6.08. The molecule has 0 saturated carbocycles. The van der Waals surface area contributed by atoms with E-state index in [0.717, 1.165) is 35.6 Å². The molecule has 0 aliphatic carbocycles. The predicted molar refractivity (Wildman–Crippen MR) is 151 cm³/mol. The van der Waals surface area contributed by atoms with Gasteiger partial charge in [0.1, 0.15) is 0 Å². The van der Waals surface area contributed by atoms with E-state index in [-0.39, 0.29) is 11.8 Å². The number of carbonyl (C=O) groups is 2. The monoisotopic (exact) mass is 489 g/mol. The number of amides is 2. The molecule has 1 fully saturated rings. The van der Waals surface area contributed by atoms with E-state index < -0.39 is 0 Å². The lowest BCUT2D eigenvalue weighted by atomic mass is 9.99. The summed E-state index contributed by atoms with van der Waals surface area (Å²) in [4.78, 5) is 30.5. The maximum atomic E-state index is 13.3. The van der Waals surface area contributed by atoms with E-state index in [4.69, 9.17) is 0 Å². The molecule has 1 aliphatic rings. The Labute approximate surface area is 218 Å². The van der Waals surface area contributed by atoms with E-state index in [1.54, 1.807) is 29.2 Å². The Morgan fingerprint density at radius 3 is 2.19 bits per heavy atom. The fraction of sp³-hybridized carbons (Fsp3) is 0.188. The molecule has 2 amide bonds. The van der Waals surface area contributed by atoms with Crippen LogP contribution in [0.4, 0.5) is 17.1 Å². The minimum atomic E-state index is -0.165. The third-order valence-corrected chi connectivity index (χ3v) is 6.88. The van der Waals surface area contributed by atoms with Crippen molar-refractivity contribution in [2.24, 2.45) is 0 Å². The molecule has 0 atom stereocenters. The van der Waals surface area contributed by atoms with Crippen LogP contribution in [0.5, 0.6) is 0 Å². The maximum absolute atomic E-state index is 13.3. The zero-order chi connectivity index (χ0) is 25.6. The minimum absolute atomic E-state index is 0.0854. The Bertz CT molecular complexity index is 1380. The summed E-state index contributed by atoms with van der Waals surface area (Å²) in [6.07, 6.45) is 3.04. The van der Waals surface area contributed by atoms with Gasteiger partial charge in [-0.3, -0.25) is 9.59 Å². The number of carbonyl (C=O) groups excluding carboxylic acids is 2. The molecule has 1 aliphatic heterocycles. The normalized spacial score (nSPS) is 12.8. The summed E-state index contributed by atoms with van der Waals surface area (Å²) in [5.74, 6) is -0.250. The molecular weight excluding hydrogens is 458 g/mol. The highest BCUT2D eigenvalue weighted by Crippen LogP contribution is 2.32. The van der Waals surface area contributed by atoms with Crippen molar-refractivity contribution < 1.29 is 9.59 Å². The molecule has 0 aromatic heterocycles. The van der Waals surface area contributed by atoms with Gasteiger partial charge in [-0.1, -0.05) is 60.7 Å². The van der Waals surface area contributed by atoms with Crippen LogP contribution in [0.25, 0.3) is 0 Å². The summed E-state index contributed by atoms with van der Waals surface area (Å²) >= 11 is 0. The van der Waals surface area contributed by atoms with Crippen LogP contribution in [0.2, 0.25) is 0 Å². The highest BCUT2D eigenvalue weighted by Gasteiger charge is 2.21. The molecule has 1 N–H and O–H groups in total. The van der Waals surface area contributed by atoms with Gasteiger partial charge in [0.2, 0.25) is 0 Å². The second-order valence-electron chi connectivity index (χ2n) is 9.40. The third-order valence-electron chi connectivity index (χ3n) is 6.88. The molecule has 0 unspecified atom stereocenters. The van der Waals surface area contributed by atoms with E-state index in [1.165, 1.54) is 12.8 Å². The molecule has 5 rings (SSSR count). The number of hydrogen-bond donors (Lipinski definition) is 1. The Morgan fingerprint density at radius 2 is 1.43 bits per heavy atom. The molecular formula is C32H31N3O2. The van der Waals surface area contributed by atoms with Gasteiger partial charge >= 0.3 is 0 Å². The quantitative estimate of drug-likeness (QED) is 0.327. The van der Waals surface area contributed by atoms with Gasteiger partial charge in [-0.2, -0.15) is 0 Å². The van der Waals surface area contributed by atoms with Crippen molar-refractivity contribution in [2.45, 2.75) is 19.3 Å². The number of rotatable bonds is 7.